The van der Waals surface area contributed by atoms with Crippen LogP contribution in [0.3, 0.4) is 0 Å². The minimum atomic E-state index is -0.998. The van der Waals surface area contributed by atoms with Crippen molar-refractivity contribution in [1.29, 1.82) is 0 Å². The average molecular weight is 273 g/mol. The van der Waals surface area contributed by atoms with E-state index in [2.05, 4.69) is 13.2 Å². The Balaban J connectivity index is 2.55. The Bertz CT molecular complexity index is 575. The maximum absolute atomic E-state index is 13.1. The molecule has 1 heterocycles. The van der Waals surface area contributed by atoms with Gasteiger partial charge in [0.2, 0.25) is 0 Å². The lowest BCUT2D eigenvalue weighted by Crippen LogP contribution is -2.38. The van der Waals surface area contributed by atoms with E-state index in [-0.39, 0.29) is 5.82 Å². The van der Waals surface area contributed by atoms with Crippen molar-refractivity contribution < 1.29 is 14.3 Å². The standard InChI is InChI=1S/C16H16FNO2/c1-3-11-9-10-18(16(19)20)15(14(11)4-2)12-5-7-13(17)8-6-12/h3-8,15H,1-2,9-10H2,(H,19,20). The highest BCUT2D eigenvalue weighted by atomic mass is 19.1. The van der Waals surface area contributed by atoms with Gasteiger partial charge in [0.1, 0.15) is 5.82 Å². The van der Waals surface area contributed by atoms with Gasteiger partial charge in [-0.3, -0.25) is 4.90 Å². The van der Waals surface area contributed by atoms with Gasteiger partial charge < -0.3 is 5.11 Å². The SMILES string of the molecule is C=CC1=C(C=C)C(c2ccc(F)cc2)N(C(=O)O)CC1. The third-order valence-corrected chi connectivity index (χ3v) is 3.50. The zero-order valence-electron chi connectivity index (χ0n) is 11.1. The summed E-state index contributed by atoms with van der Waals surface area (Å²) >= 11 is 0. The topological polar surface area (TPSA) is 40.5 Å². The van der Waals surface area contributed by atoms with Crippen molar-refractivity contribution in [3.63, 3.8) is 0 Å². The van der Waals surface area contributed by atoms with E-state index in [9.17, 15) is 14.3 Å². The predicted octanol–water partition coefficient (Wildman–Crippen LogP) is 3.92. The molecule has 0 saturated carbocycles. The maximum atomic E-state index is 13.1. The number of hydrogen-bond acceptors (Lipinski definition) is 1. The third-order valence-electron chi connectivity index (χ3n) is 3.50. The van der Waals surface area contributed by atoms with Crippen molar-refractivity contribution in [2.75, 3.05) is 6.54 Å². The quantitative estimate of drug-likeness (QED) is 0.906. The molecule has 0 radical (unpaired) electrons. The van der Waals surface area contributed by atoms with Crippen molar-refractivity contribution in [2.24, 2.45) is 0 Å². The van der Waals surface area contributed by atoms with Crippen LogP contribution in [0.1, 0.15) is 18.0 Å². The summed E-state index contributed by atoms with van der Waals surface area (Å²) < 4.78 is 13.1. The van der Waals surface area contributed by atoms with Gasteiger partial charge in [-0.1, -0.05) is 37.4 Å². The molecule has 0 aliphatic carbocycles. The third kappa shape index (κ3) is 2.50. The Kier molecular flexibility index (Phi) is 4.03. The summed E-state index contributed by atoms with van der Waals surface area (Å²) in [5.41, 5.74) is 2.51. The highest BCUT2D eigenvalue weighted by Gasteiger charge is 2.31. The number of amides is 1. The molecule has 1 aliphatic heterocycles. The molecule has 1 amide bonds. The molecule has 0 fully saturated rings. The Morgan fingerprint density at radius 1 is 1.30 bits per heavy atom. The van der Waals surface area contributed by atoms with Crippen LogP contribution >= 0.6 is 0 Å². The number of nitrogens with zero attached hydrogens (tertiary/aromatic N) is 1. The van der Waals surface area contributed by atoms with Crippen molar-refractivity contribution in [3.05, 3.63) is 72.1 Å². The van der Waals surface area contributed by atoms with Crippen LogP contribution in [-0.4, -0.2) is 22.6 Å². The molecule has 1 aromatic rings. The molecule has 20 heavy (non-hydrogen) atoms. The largest absolute Gasteiger partial charge is 0.465 e. The zero-order valence-corrected chi connectivity index (χ0v) is 11.1. The summed E-state index contributed by atoms with van der Waals surface area (Å²) in [6.07, 6.45) is 2.99. The van der Waals surface area contributed by atoms with E-state index in [1.54, 1.807) is 24.3 Å². The van der Waals surface area contributed by atoms with Gasteiger partial charge in [-0.25, -0.2) is 9.18 Å². The van der Waals surface area contributed by atoms with Crippen LogP contribution in [0.25, 0.3) is 0 Å². The van der Waals surface area contributed by atoms with Crippen LogP contribution in [0.5, 0.6) is 0 Å². The molecule has 3 nitrogen and oxygen atoms in total. The Hall–Kier alpha value is -2.36. The summed E-state index contributed by atoms with van der Waals surface area (Å²) in [6.45, 7) is 7.92. The second-order valence-electron chi connectivity index (χ2n) is 4.57. The second-order valence-corrected chi connectivity index (χ2v) is 4.57. The minimum absolute atomic E-state index is 0.348. The van der Waals surface area contributed by atoms with Gasteiger partial charge in [-0.2, -0.15) is 0 Å². The molecule has 1 N–H and O–H groups in total. The minimum Gasteiger partial charge on any atom is -0.465 e. The lowest BCUT2D eigenvalue weighted by molar-refractivity contribution is 0.129. The fourth-order valence-electron chi connectivity index (χ4n) is 2.53. The number of carboxylic acid groups (broad SMARTS) is 1. The smallest absolute Gasteiger partial charge is 0.408 e. The molecule has 0 bridgehead atoms. The average Bonchev–Trinajstić information content (AvgIpc) is 2.46. The van der Waals surface area contributed by atoms with Crippen LogP contribution in [0.15, 0.2) is 60.7 Å². The summed E-state index contributed by atoms with van der Waals surface area (Å²) in [7, 11) is 0. The van der Waals surface area contributed by atoms with Gasteiger partial charge in [-0.05, 0) is 35.3 Å². The summed E-state index contributed by atoms with van der Waals surface area (Å²) in [6, 6.07) is 5.40. The first kappa shape index (κ1) is 14.1. The Morgan fingerprint density at radius 3 is 2.45 bits per heavy atom. The number of benzene rings is 1. The predicted molar refractivity (Wildman–Crippen MR) is 75.9 cm³/mol. The molecule has 1 atom stereocenters. The fraction of sp³-hybridized carbons (Fsp3) is 0.188. The number of halogens is 1. The fourth-order valence-corrected chi connectivity index (χ4v) is 2.53. The molecular formula is C16H16FNO2. The first-order valence-corrected chi connectivity index (χ1v) is 6.31. The van der Waals surface area contributed by atoms with E-state index >= 15 is 0 Å². The molecule has 0 aromatic heterocycles. The molecule has 4 heteroatoms. The number of carbonyl (C=O) groups is 1. The molecule has 1 unspecified atom stereocenters. The second kappa shape index (κ2) is 5.74. The molecule has 1 aliphatic rings. The van der Waals surface area contributed by atoms with E-state index in [1.807, 2.05) is 0 Å². The number of rotatable bonds is 3. The molecule has 0 spiro atoms. The van der Waals surface area contributed by atoms with E-state index in [0.717, 1.165) is 16.7 Å². The molecular weight excluding hydrogens is 257 g/mol. The Morgan fingerprint density at radius 2 is 1.95 bits per heavy atom. The van der Waals surface area contributed by atoms with Crippen molar-refractivity contribution in [3.8, 4) is 0 Å². The van der Waals surface area contributed by atoms with Gasteiger partial charge in [0.15, 0.2) is 0 Å². The Labute approximate surface area is 117 Å². The summed E-state index contributed by atoms with van der Waals surface area (Å²) in [5, 5.41) is 9.37. The van der Waals surface area contributed by atoms with Crippen LogP contribution in [0, 0.1) is 5.82 Å². The van der Waals surface area contributed by atoms with Gasteiger partial charge in [0, 0.05) is 6.54 Å². The van der Waals surface area contributed by atoms with Crippen LogP contribution < -0.4 is 0 Å². The van der Waals surface area contributed by atoms with E-state index in [4.69, 9.17) is 0 Å². The highest BCUT2D eigenvalue weighted by molar-refractivity contribution is 5.68. The van der Waals surface area contributed by atoms with E-state index in [0.29, 0.717) is 13.0 Å². The van der Waals surface area contributed by atoms with Crippen molar-refractivity contribution >= 4 is 6.09 Å². The van der Waals surface area contributed by atoms with Crippen molar-refractivity contribution in [1.82, 2.24) is 4.90 Å². The first-order chi connectivity index (χ1) is 9.58. The van der Waals surface area contributed by atoms with Crippen LogP contribution in [0.4, 0.5) is 9.18 Å². The van der Waals surface area contributed by atoms with Crippen LogP contribution in [-0.2, 0) is 0 Å². The normalized spacial score (nSPS) is 18.9. The summed E-state index contributed by atoms with van der Waals surface area (Å²) in [4.78, 5) is 12.8. The van der Waals surface area contributed by atoms with Crippen molar-refractivity contribution in [2.45, 2.75) is 12.5 Å². The maximum Gasteiger partial charge on any atom is 0.408 e. The lowest BCUT2D eigenvalue weighted by Gasteiger charge is -2.36. The lowest BCUT2D eigenvalue weighted by atomic mass is 9.88. The first-order valence-electron chi connectivity index (χ1n) is 6.31. The van der Waals surface area contributed by atoms with E-state index < -0.39 is 12.1 Å². The van der Waals surface area contributed by atoms with Gasteiger partial charge in [-0.15, -0.1) is 0 Å². The highest BCUT2D eigenvalue weighted by Crippen LogP contribution is 2.36. The van der Waals surface area contributed by atoms with Crippen LogP contribution in [0.2, 0.25) is 0 Å². The number of hydrogen-bond donors (Lipinski definition) is 1. The molecule has 0 saturated heterocycles. The zero-order chi connectivity index (χ0) is 14.7. The monoisotopic (exact) mass is 273 g/mol. The van der Waals surface area contributed by atoms with Gasteiger partial charge in [0.05, 0.1) is 6.04 Å². The van der Waals surface area contributed by atoms with E-state index in [1.165, 1.54) is 17.0 Å². The van der Waals surface area contributed by atoms with Gasteiger partial charge >= 0.3 is 6.09 Å². The number of allylic oxidation sites excluding steroid dienone is 1. The van der Waals surface area contributed by atoms with Gasteiger partial charge in [0.25, 0.3) is 0 Å². The summed E-state index contributed by atoms with van der Waals surface area (Å²) in [5.74, 6) is -0.348. The molecule has 104 valence electrons. The molecule has 1 aromatic carbocycles. The molecule has 2 rings (SSSR count).